The number of benzene rings is 2. The predicted octanol–water partition coefficient (Wildman–Crippen LogP) is 6.96. The Morgan fingerprint density at radius 3 is 2.25 bits per heavy atom. The summed E-state index contributed by atoms with van der Waals surface area (Å²) in [5.74, 6) is 0.489. The zero-order valence-corrected chi connectivity index (χ0v) is 20.1. The Kier molecular flexibility index (Phi) is 8.72. The van der Waals surface area contributed by atoms with Gasteiger partial charge in [-0.15, -0.1) is 0 Å². The van der Waals surface area contributed by atoms with E-state index in [-0.39, 0.29) is 11.9 Å². The molecule has 3 heteroatoms. The summed E-state index contributed by atoms with van der Waals surface area (Å²) in [6, 6.07) is 23.1. The molecule has 0 unspecified atom stereocenters. The van der Waals surface area contributed by atoms with Gasteiger partial charge in [-0.1, -0.05) is 76.1 Å². The highest BCUT2D eigenvalue weighted by Gasteiger charge is 2.25. The molecule has 3 nitrogen and oxygen atoms in total. The van der Waals surface area contributed by atoms with Gasteiger partial charge in [0.15, 0.2) is 0 Å². The molecule has 0 bridgehead atoms. The summed E-state index contributed by atoms with van der Waals surface area (Å²) in [5, 5.41) is 0. The molecule has 3 rings (SSSR count). The lowest BCUT2D eigenvalue weighted by Crippen LogP contribution is -2.41. The number of hydrogen-bond acceptors (Lipinski definition) is 1. The molecule has 1 amide bonds. The number of aromatic nitrogens is 1. The van der Waals surface area contributed by atoms with Crippen LogP contribution >= 0.6 is 0 Å². The molecule has 0 aliphatic heterocycles. The number of hydrogen-bond donors (Lipinski definition) is 0. The Bertz CT molecular complexity index is 956. The average Bonchev–Trinajstić information content (AvgIpc) is 3.24. The highest BCUT2D eigenvalue weighted by molar-refractivity contribution is 5.94. The number of rotatable bonds is 11. The normalized spacial score (nSPS) is 12.2. The third kappa shape index (κ3) is 6.35. The van der Waals surface area contributed by atoms with E-state index in [1.165, 1.54) is 30.4 Å². The maximum atomic E-state index is 13.6. The molecular weight excluding hydrogens is 392 g/mol. The van der Waals surface area contributed by atoms with Crippen molar-refractivity contribution in [1.29, 1.82) is 0 Å². The minimum Gasteiger partial charge on any atom is -0.345 e. The van der Waals surface area contributed by atoms with E-state index < -0.39 is 0 Å². The molecule has 1 heterocycles. The molecule has 32 heavy (non-hydrogen) atoms. The van der Waals surface area contributed by atoms with E-state index in [9.17, 15) is 4.79 Å². The topological polar surface area (TPSA) is 25.2 Å². The number of aryl methyl sites for hydroxylation is 1. The van der Waals surface area contributed by atoms with Crippen molar-refractivity contribution < 1.29 is 4.79 Å². The van der Waals surface area contributed by atoms with Gasteiger partial charge in [-0.25, -0.2) is 0 Å². The van der Waals surface area contributed by atoms with Gasteiger partial charge in [0.25, 0.3) is 5.91 Å². The molecule has 0 aliphatic carbocycles. The molecule has 0 N–H and O–H groups in total. The second kappa shape index (κ2) is 11.7. The van der Waals surface area contributed by atoms with Crippen molar-refractivity contribution in [3.05, 3.63) is 95.3 Å². The molecule has 0 saturated heterocycles. The van der Waals surface area contributed by atoms with Crippen molar-refractivity contribution in [2.75, 3.05) is 0 Å². The molecule has 1 atom stereocenters. The Balaban J connectivity index is 1.77. The minimum atomic E-state index is 0.110. The molecule has 0 saturated carbocycles. The first kappa shape index (κ1) is 23.8. The van der Waals surface area contributed by atoms with Crippen LogP contribution in [-0.2, 0) is 19.5 Å². The van der Waals surface area contributed by atoms with Gasteiger partial charge in [0.2, 0.25) is 0 Å². The van der Waals surface area contributed by atoms with Crippen molar-refractivity contribution >= 4 is 5.91 Å². The van der Waals surface area contributed by atoms with Gasteiger partial charge in [-0.2, -0.15) is 0 Å². The third-order valence-electron chi connectivity index (χ3n) is 6.44. The van der Waals surface area contributed by atoms with Gasteiger partial charge in [-0.05, 0) is 61.1 Å². The summed E-state index contributed by atoms with van der Waals surface area (Å²) in [6.07, 6.45) is 6.88. The van der Waals surface area contributed by atoms with Crippen molar-refractivity contribution in [3.8, 4) is 0 Å². The number of amides is 1. The zero-order valence-electron chi connectivity index (χ0n) is 20.1. The van der Waals surface area contributed by atoms with Crippen molar-refractivity contribution in [3.63, 3.8) is 0 Å². The van der Waals surface area contributed by atoms with Crippen LogP contribution in [-0.4, -0.2) is 21.4 Å². The predicted molar refractivity (Wildman–Crippen MR) is 134 cm³/mol. The van der Waals surface area contributed by atoms with Crippen LogP contribution in [0.2, 0.25) is 0 Å². The lowest BCUT2D eigenvalue weighted by molar-refractivity contribution is 0.0622. The van der Waals surface area contributed by atoms with E-state index in [2.05, 4.69) is 87.0 Å². The van der Waals surface area contributed by atoms with E-state index >= 15 is 0 Å². The van der Waals surface area contributed by atoms with Crippen LogP contribution in [0.4, 0.5) is 0 Å². The maximum Gasteiger partial charge on any atom is 0.254 e. The fourth-order valence-electron chi connectivity index (χ4n) is 4.02. The zero-order chi connectivity index (χ0) is 22.9. The molecule has 170 valence electrons. The molecule has 2 aromatic carbocycles. The van der Waals surface area contributed by atoms with Gasteiger partial charge < -0.3 is 9.47 Å². The van der Waals surface area contributed by atoms with Crippen LogP contribution < -0.4 is 0 Å². The minimum absolute atomic E-state index is 0.110. The molecule has 0 spiro atoms. The van der Waals surface area contributed by atoms with E-state index in [0.717, 1.165) is 24.2 Å². The van der Waals surface area contributed by atoms with Crippen molar-refractivity contribution in [2.24, 2.45) is 5.92 Å². The quantitative estimate of drug-likeness (QED) is 0.302. The SMILES string of the molecule is CCCCCc1ccc(C(=O)N(Cc2cccn2Cc2ccccc2)[C@H](C)C(C)C)cc1. The number of nitrogens with zero attached hydrogens (tertiary/aromatic N) is 2. The van der Waals surface area contributed by atoms with Crippen LogP contribution in [0.5, 0.6) is 0 Å². The van der Waals surface area contributed by atoms with Crippen molar-refractivity contribution in [2.45, 2.75) is 72.5 Å². The fraction of sp³-hybridized carbons (Fsp3) is 0.414. The monoisotopic (exact) mass is 430 g/mol. The largest absolute Gasteiger partial charge is 0.345 e. The first-order valence-corrected chi connectivity index (χ1v) is 12.1. The molecule has 0 aliphatic rings. The van der Waals surface area contributed by atoms with Crippen LogP contribution in [0.1, 0.15) is 74.1 Å². The lowest BCUT2D eigenvalue weighted by Gasteiger charge is -2.32. The average molecular weight is 431 g/mol. The number of unbranched alkanes of at least 4 members (excludes halogenated alkanes) is 2. The van der Waals surface area contributed by atoms with Gasteiger partial charge in [0.05, 0.1) is 6.54 Å². The smallest absolute Gasteiger partial charge is 0.254 e. The summed E-state index contributed by atoms with van der Waals surface area (Å²) < 4.78 is 2.25. The van der Waals surface area contributed by atoms with E-state index in [4.69, 9.17) is 0 Å². The summed E-state index contributed by atoms with van der Waals surface area (Å²) in [5.41, 5.74) is 4.51. The number of carbonyl (C=O) groups is 1. The maximum absolute atomic E-state index is 13.6. The Morgan fingerprint density at radius 1 is 0.875 bits per heavy atom. The summed E-state index contributed by atoms with van der Waals surface area (Å²) in [7, 11) is 0. The molecule has 0 radical (unpaired) electrons. The van der Waals surface area contributed by atoms with E-state index in [1.54, 1.807) is 0 Å². The summed E-state index contributed by atoms with van der Waals surface area (Å²) in [6.45, 7) is 10.2. The molecular formula is C29H38N2O. The van der Waals surface area contributed by atoms with Gasteiger partial charge in [0, 0.05) is 30.0 Å². The highest BCUT2D eigenvalue weighted by Crippen LogP contribution is 2.20. The van der Waals surface area contributed by atoms with Crippen LogP contribution in [0, 0.1) is 5.92 Å². The summed E-state index contributed by atoms with van der Waals surface area (Å²) >= 11 is 0. The molecule has 3 aromatic rings. The summed E-state index contributed by atoms with van der Waals surface area (Å²) in [4.78, 5) is 15.6. The van der Waals surface area contributed by atoms with Crippen molar-refractivity contribution in [1.82, 2.24) is 9.47 Å². The Hall–Kier alpha value is -2.81. The standard InChI is InChI=1S/C29H38N2O/c1-5-6-8-12-25-16-18-27(19-17-25)29(32)31(24(4)23(2)3)22-28-15-11-20-30(28)21-26-13-9-7-10-14-26/h7,9-11,13-20,23-24H,5-6,8,12,21-22H2,1-4H3/t24-/m1/s1. The van der Waals surface area contributed by atoms with Crippen LogP contribution in [0.3, 0.4) is 0 Å². The Morgan fingerprint density at radius 2 is 1.59 bits per heavy atom. The van der Waals surface area contributed by atoms with Crippen LogP contribution in [0.25, 0.3) is 0 Å². The van der Waals surface area contributed by atoms with Gasteiger partial charge >= 0.3 is 0 Å². The lowest BCUT2D eigenvalue weighted by atomic mass is 10.0. The molecule has 0 fully saturated rings. The van der Waals surface area contributed by atoms with Gasteiger partial charge in [-0.3, -0.25) is 4.79 Å². The van der Waals surface area contributed by atoms with Crippen LogP contribution in [0.15, 0.2) is 72.9 Å². The second-order valence-electron chi connectivity index (χ2n) is 9.18. The van der Waals surface area contributed by atoms with Gasteiger partial charge in [0.1, 0.15) is 0 Å². The first-order valence-electron chi connectivity index (χ1n) is 12.1. The third-order valence-corrected chi connectivity index (χ3v) is 6.44. The Labute approximate surface area is 194 Å². The van der Waals surface area contributed by atoms with E-state index in [0.29, 0.717) is 12.5 Å². The first-order chi connectivity index (χ1) is 15.5. The molecule has 1 aromatic heterocycles. The number of carbonyl (C=O) groups excluding carboxylic acids is 1. The van der Waals surface area contributed by atoms with E-state index in [1.807, 2.05) is 23.1 Å². The second-order valence-corrected chi connectivity index (χ2v) is 9.18. The highest BCUT2D eigenvalue weighted by atomic mass is 16.2. The fourth-order valence-corrected chi connectivity index (χ4v) is 4.02.